The largest absolute Gasteiger partial charge is 0.497 e. The minimum Gasteiger partial charge on any atom is -0.497 e. The van der Waals surface area contributed by atoms with Crippen LogP contribution >= 0.6 is 0 Å². The van der Waals surface area contributed by atoms with Crippen molar-refractivity contribution in [1.29, 1.82) is 0 Å². The van der Waals surface area contributed by atoms with Gasteiger partial charge in [-0.3, -0.25) is 14.7 Å². The summed E-state index contributed by atoms with van der Waals surface area (Å²) in [6, 6.07) is 11.5. The highest BCUT2D eigenvalue weighted by atomic mass is 16.5. The fourth-order valence-corrected chi connectivity index (χ4v) is 2.55. The minimum atomic E-state index is -0.0599. The lowest BCUT2D eigenvalue weighted by atomic mass is 10.0. The summed E-state index contributed by atoms with van der Waals surface area (Å²) in [5.41, 5.74) is 1.97. The van der Waals surface area contributed by atoms with E-state index in [0.29, 0.717) is 0 Å². The van der Waals surface area contributed by atoms with E-state index in [0.717, 1.165) is 30.9 Å². The molecule has 0 spiro atoms. The standard InChI is InChI=1S/C17H19N3O2/c1-22-15-4-2-13(3-5-15)12-20-11-8-16(20)17(21)19-14-6-9-18-10-7-14/h2-7,9-10,16H,8,11-12H2,1H3,(H,18,19,21). The van der Waals surface area contributed by atoms with Crippen LogP contribution in [0.4, 0.5) is 5.69 Å². The van der Waals surface area contributed by atoms with Gasteiger partial charge in [-0.05, 0) is 36.2 Å². The second kappa shape index (κ2) is 6.58. The molecule has 5 heteroatoms. The Balaban J connectivity index is 1.58. The average Bonchev–Trinajstić information content (AvgIpc) is 2.53. The number of pyridine rings is 1. The molecular weight excluding hydrogens is 278 g/mol. The Morgan fingerprint density at radius 1 is 1.27 bits per heavy atom. The van der Waals surface area contributed by atoms with Crippen molar-refractivity contribution in [3.05, 3.63) is 54.4 Å². The van der Waals surface area contributed by atoms with Gasteiger partial charge in [0, 0.05) is 31.2 Å². The van der Waals surface area contributed by atoms with Crippen molar-refractivity contribution in [2.24, 2.45) is 0 Å². The maximum absolute atomic E-state index is 12.3. The molecule has 0 aliphatic carbocycles. The average molecular weight is 297 g/mol. The van der Waals surface area contributed by atoms with Gasteiger partial charge < -0.3 is 10.1 Å². The summed E-state index contributed by atoms with van der Waals surface area (Å²) in [4.78, 5) is 18.4. The first kappa shape index (κ1) is 14.5. The number of rotatable bonds is 5. The topological polar surface area (TPSA) is 54.5 Å². The second-order valence-electron chi connectivity index (χ2n) is 5.35. The van der Waals surface area contributed by atoms with Crippen molar-refractivity contribution in [3.63, 3.8) is 0 Å². The zero-order chi connectivity index (χ0) is 15.4. The SMILES string of the molecule is COc1ccc(CN2CCC2C(=O)Nc2ccncc2)cc1. The van der Waals surface area contributed by atoms with Gasteiger partial charge in [-0.1, -0.05) is 12.1 Å². The van der Waals surface area contributed by atoms with Gasteiger partial charge >= 0.3 is 0 Å². The molecule has 1 aromatic heterocycles. The third kappa shape index (κ3) is 3.26. The Kier molecular flexibility index (Phi) is 4.34. The number of benzene rings is 1. The lowest BCUT2D eigenvalue weighted by Crippen LogP contribution is -2.53. The molecule has 2 heterocycles. The van der Waals surface area contributed by atoms with Crippen molar-refractivity contribution in [3.8, 4) is 5.75 Å². The highest BCUT2D eigenvalue weighted by molar-refractivity contribution is 5.95. The van der Waals surface area contributed by atoms with Crippen molar-refractivity contribution in [1.82, 2.24) is 9.88 Å². The molecule has 1 atom stereocenters. The lowest BCUT2D eigenvalue weighted by Gasteiger charge is -2.39. The van der Waals surface area contributed by atoms with Crippen molar-refractivity contribution in [2.45, 2.75) is 19.0 Å². The minimum absolute atomic E-state index is 0.0472. The number of likely N-dealkylation sites (tertiary alicyclic amines) is 1. The number of methoxy groups -OCH3 is 1. The third-order valence-corrected chi connectivity index (χ3v) is 3.93. The second-order valence-corrected chi connectivity index (χ2v) is 5.35. The molecule has 1 amide bonds. The summed E-state index contributed by atoms with van der Waals surface area (Å²) in [5.74, 6) is 0.894. The third-order valence-electron chi connectivity index (χ3n) is 3.93. The molecule has 0 saturated carbocycles. The maximum atomic E-state index is 12.3. The van der Waals surface area contributed by atoms with Crippen LogP contribution in [0, 0.1) is 0 Å². The van der Waals surface area contributed by atoms with Gasteiger partial charge in [-0.2, -0.15) is 0 Å². The highest BCUT2D eigenvalue weighted by Gasteiger charge is 2.33. The molecular formula is C17H19N3O2. The number of hydrogen-bond donors (Lipinski definition) is 1. The quantitative estimate of drug-likeness (QED) is 0.920. The van der Waals surface area contributed by atoms with Crippen LogP contribution in [-0.2, 0) is 11.3 Å². The van der Waals surface area contributed by atoms with Gasteiger partial charge in [0.2, 0.25) is 5.91 Å². The van der Waals surface area contributed by atoms with E-state index in [4.69, 9.17) is 4.74 Å². The van der Waals surface area contributed by atoms with Gasteiger partial charge in [0.25, 0.3) is 0 Å². The van der Waals surface area contributed by atoms with Crippen molar-refractivity contribution in [2.75, 3.05) is 19.0 Å². The van der Waals surface area contributed by atoms with Gasteiger partial charge in [0.05, 0.1) is 13.2 Å². The molecule has 1 aromatic carbocycles. The summed E-state index contributed by atoms with van der Waals surface area (Å²) in [5, 5.41) is 2.94. The Hall–Kier alpha value is -2.40. The zero-order valence-corrected chi connectivity index (χ0v) is 12.5. The van der Waals surface area contributed by atoms with Gasteiger partial charge in [-0.15, -0.1) is 0 Å². The summed E-state index contributed by atoms with van der Waals surface area (Å²) in [6.07, 6.45) is 4.24. The van der Waals surface area contributed by atoms with Crippen LogP contribution in [0.2, 0.25) is 0 Å². The molecule has 5 nitrogen and oxygen atoms in total. The summed E-state index contributed by atoms with van der Waals surface area (Å²) < 4.78 is 5.16. The lowest BCUT2D eigenvalue weighted by molar-refractivity contribution is -0.125. The predicted molar refractivity (Wildman–Crippen MR) is 84.7 cm³/mol. The highest BCUT2D eigenvalue weighted by Crippen LogP contribution is 2.23. The van der Waals surface area contributed by atoms with Crippen molar-refractivity contribution >= 4 is 11.6 Å². The number of amides is 1. The number of nitrogens with zero attached hydrogens (tertiary/aromatic N) is 2. The molecule has 22 heavy (non-hydrogen) atoms. The molecule has 114 valence electrons. The number of carbonyl (C=O) groups is 1. The first-order valence-electron chi connectivity index (χ1n) is 7.34. The first-order valence-corrected chi connectivity index (χ1v) is 7.34. The molecule has 1 aliphatic heterocycles. The monoisotopic (exact) mass is 297 g/mol. The van der Waals surface area contributed by atoms with E-state index in [9.17, 15) is 4.79 Å². The van der Waals surface area contributed by atoms with E-state index in [-0.39, 0.29) is 11.9 Å². The Morgan fingerprint density at radius 3 is 2.59 bits per heavy atom. The van der Waals surface area contributed by atoms with Crippen LogP contribution in [0.25, 0.3) is 0 Å². The van der Waals surface area contributed by atoms with Crippen molar-refractivity contribution < 1.29 is 9.53 Å². The zero-order valence-electron chi connectivity index (χ0n) is 12.5. The summed E-state index contributed by atoms with van der Waals surface area (Å²) in [7, 11) is 1.66. The molecule has 1 fully saturated rings. The van der Waals surface area contributed by atoms with E-state index in [1.54, 1.807) is 31.6 Å². The molecule has 1 unspecified atom stereocenters. The van der Waals surface area contributed by atoms with Crippen LogP contribution in [0.1, 0.15) is 12.0 Å². The molecule has 2 aromatic rings. The molecule has 1 aliphatic rings. The predicted octanol–water partition coefficient (Wildman–Crippen LogP) is 2.30. The van der Waals surface area contributed by atoms with Crippen LogP contribution in [-0.4, -0.2) is 35.5 Å². The number of aromatic nitrogens is 1. The van der Waals surface area contributed by atoms with E-state index < -0.39 is 0 Å². The van der Waals surface area contributed by atoms with Crippen LogP contribution in [0.15, 0.2) is 48.8 Å². The molecule has 3 rings (SSSR count). The smallest absolute Gasteiger partial charge is 0.241 e. The summed E-state index contributed by atoms with van der Waals surface area (Å²) in [6.45, 7) is 1.72. The number of anilines is 1. The number of nitrogens with one attached hydrogen (secondary N) is 1. The molecule has 1 saturated heterocycles. The first-order chi connectivity index (χ1) is 10.8. The normalized spacial score (nSPS) is 17.6. The number of carbonyl (C=O) groups excluding carboxylic acids is 1. The van der Waals surface area contributed by atoms with E-state index in [1.165, 1.54) is 5.56 Å². The Labute approximate surface area is 129 Å². The van der Waals surface area contributed by atoms with Crippen LogP contribution in [0.5, 0.6) is 5.75 Å². The van der Waals surface area contributed by atoms with E-state index in [2.05, 4.69) is 15.2 Å². The van der Waals surface area contributed by atoms with Gasteiger partial charge in [0.1, 0.15) is 5.75 Å². The van der Waals surface area contributed by atoms with Crippen LogP contribution < -0.4 is 10.1 Å². The molecule has 1 N–H and O–H groups in total. The number of ether oxygens (including phenoxy) is 1. The fraction of sp³-hybridized carbons (Fsp3) is 0.294. The number of hydrogen-bond acceptors (Lipinski definition) is 4. The fourth-order valence-electron chi connectivity index (χ4n) is 2.55. The van der Waals surface area contributed by atoms with Gasteiger partial charge in [-0.25, -0.2) is 0 Å². The van der Waals surface area contributed by atoms with Crippen LogP contribution in [0.3, 0.4) is 0 Å². The molecule has 0 bridgehead atoms. The van der Waals surface area contributed by atoms with E-state index >= 15 is 0 Å². The Morgan fingerprint density at radius 2 is 2.00 bits per heavy atom. The van der Waals surface area contributed by atoms with E-state index in [1.807, 2.05) is 24.3 Å². The molecule has 0 radical (unpaired) electrons. The maximum Gasteiger partial charge on any atom is 0.241 e. The summed E-state index contributed by atoms with van der Waals surface area (Å²) >= 11 is 0. The van der Waals surface area contributed by atoms with Gasteiger partial charge in [0.15, 0.2) is 0 Å². The Bertz CT molecular complexity index is 628.